The number of nitrogen functional groups attached to an aromatic ring is 1. The first-order valence-corrected chi connectivity index (χ1v) is 6.67. The number of nitrogens with two attached hydrogens (primary N) is 1. The predicted octanol–water partition coefficient (Wildman–Crippen LogP) is 1.90. The summed E-state index contributed by atoms with van der Waals surface area (Å²) in [4.78, 5) is 11.9. The van der Waals surface area contributed by atoms with E-state index in [0.717, 1.165) is 6.42 Å². The lowest BCUT2D eigenvalue weighted by Gasteiger charge is -2.11. The molecule has 1 aromatic carbocycles. The molecule has 0 fully saturated rings. The van der Waals surface area contributed by atoms with Crippen molar-refractivity contribution in [2.45, 2.75) is 20.3 Å². The summed E-state index contributed by atoms with van der Waals surface area (Å²) in [5.74, 6) is 4.86. The van der Waals surface area contributed by atoms with Gasteiger partial charge in [0.2, 0.25) is 0 Å². The lowest BCUT2D eigenvalue weighted by Crippen LogP contribution is -2.29. The average Bonchev–Trinajstić information content (AvgIpc) is 2.41. The molecule has 5 nitrogen and oxygen atoms in total. The molecule has 0 saturated carbocycles. The van der Waals surface area contributed by atoms with E-state index in [1.54, 1.807) is 0 Å². The molecule has 1 aromatic rings. The molecule has 0 aliphatic heterocycles. The Balaban J connectivity index is 2.38. The van der Waals surface area contributed by atoms with Crippen molar-refractivity contribution in [2.75, 3.05) is 25.2 Å². The Morgan fingerprint density at radius 2 is 2.15 bits per heavy atom. The number of anilines is 1. The molecule has 4 N–H and O–H groups in total. The van der Waals surface area contributed by atoms with Gasteiger partial charge in [0.25, 0.3) is 5.91 Å². The van der Waals surface area contributed by atoms with E-state index >= 15 is 0 Å². The minimum absolute atomic E-state index is 0.00859. The van der Waals surface area contributed by atoms with Gasteiger partial charge in [-0.25, -0.2) is 4.39 Å². The third kappa shape index (κ3) is 5.14. The maximum Gasteiger partial charge on any atom is 0.253 e. The first-order valence-electron chi connectivity index (χ1n) is 6.67. The standard InChI is InChI=1S/C14H22FN3O2/c1-10(2)6-8-20-9-7-17-14(19)11-4-3-5-12(15)13(11)18-16/h3-5,10,18H,6-9,16H2,1-2H3,(H,17,19). The summed E-state index contributed by atoms with van der Waals surface area (Å²) < 4.78 is 18.8. The lowest BCUT2D eigenvalue weighted by atomic mass is 10.1. The van der Waals surface area contributed by atoms with Crippen LogP contribution in [0.3, 0.4) is 0 Å². The van der Waals surface area contributed by atoms with Gasteiger partial charge in [0, 0.05) is 13.2 Å². The number of ether oxygens (including phenoxy) is 1. The van der Waals surface area contributed by atoms with E-state index in [-0.39, 0.29) is 17.2 Å². The molecule has 0 atom stereocenters. The zero-order valence-electron chi connectivity index (χ0n) is 11.9. The Morgan fingerprint density at radius 3 is 2.80 bits per heavy atom. The van der Waals surface area contributed by atoms with Crippen LogP contribution in [0, 0.1) is 11.7 Å². The van der Waals surface area contributed by atoms with Gasteiger partial charge < -0.3 is 15.5 Å². The number of rotatable bonds is 8. The quantitative estimate of drug-likeness (QED) is 0.387. The summed E-state index contributed by atoms with van der Waals surface area (Å²) in [5.41, 5.74) is 2.37. The Morgan fingerprint density at radius 1 is 1.40 bits per heavy atom. The van der Waals surface area contributed by atoms with Gasteiger partial charge in [-0.05, 0) is 24.5 Å². The van der Waals surface area contributed by atoms with Crippen LogP contribution < -0.4 is 16.6 Å². The fraction of sp³-hybridized carbons (Fsp3) is 0.500. The molecule has 0 radical (unpaired) electrons. The van der Waals surface area contributed by atoms with Crippen molar-refractivity contribution in [1.29, 1.82) is 0 Å². The number of carbonyl (C=O) groups is 1. The van der Waals surface area contributed by atoms with Crippen LogP contribution in [-0.4, -0.2) is 25.7 Å². The molecule has 0 aliphatic carbocycles. The summed E-state index contributed by atoms with van der Waals surface area (Å²) in [6, 6.07) is 4.21. The zero-order chi connectivity index (χ0) is 15.0. The van der Waals surface area contributed by atoms with Gasteiger partial charge >= 0.3 is 0 Å². The van der Waals surface area contributed by atoms with Crippen LogP contribution in [0.2, 0.25) is 0 Å². The van der Waals surface area contributed by atoms with Crippen LogP contribution in [0.5, 0.6) is 0 Å². The van der Waals surface area contributed by atoms with E-state index in [2.05, 4.69) is 24.6 Å². The molecular weight excluding hydrogens is 261 g/mol. The smallest absolute Gasteiger partial charge is 0.253 e. The highest BCUT2D eigenvalue weighted by molar-refractivity contribution is 5.99. The maximum absolute atomic E-state index is 13.4. The number of para-hydroxylation sites is 1. The number of halogens is 1. The fourth-order valence-electron chi connectivity index (χ4n) is 1.61. The summed E-state index contributed by atoms with van der Waals surface area (Å²) in [6.07, 6.45) is 0.985. The molecule has 20 heavy (non-hydrogen) atoms. The van der Waals surface area contributed by atoms with Crippen LogP contribution in [0.1, 0.15) is 30.6 Å². The largest absolute Gasteiger partial charge is 0.380 e. The third-order valence-electron chi connectivity index (χ3n) is 2.77. The molecule has 0 unspecified atom stereocenters. The zero-order valence-corrected chi connectivity index (χ0v) is 11.9. The summed E-state index contributed by atoms with van der Waals surface area (Å²) in [5, 5.41) is 2.66. The number of hydrogen-bond acceptors (Lipinski definition) is 4. The third-order valence-corrected chi connectivity index (χ3v) is 2.77. The van der Waals surface area contributed by atoms with Crippen molar-refractivity contribution in [3.63, 3.8) is 0 Å². The first-order chi connectivity index (χ1) is 9.56. The molecule has 0 saturated heterocycles. The number of carbonyl (C=O) groups excluding carboxylic acids is 1. The Labute approximate surface area is 118 Å². The van der Waals surface area contributed by atoms with Crippen LogP contribution in [-0.2, 0) is 4.74 Å². The van der Waals surface area contributed by atoms with Gasteiger partial charge in [-0.3, -0.25) is 10.6 Å². The van der Waals surface area contributed by atoms with Gasteiger partial charge in [-0.1, -0.05) is 19.9 Å². The summed E-state index contributed by atoms with van der Waals surface area (Å²) >= 11 is 0. The van der Waals surface area contributed by atoms with E-state index in [1.165, 1.54) is 18.2 Å². The highest BCUT2D eigenvalue weighted by atomic mass is 19.1. The molecule has 0 aromatic heterocycles. The number of benzene rings is 1. The first kappa shape index (κ1) is 16.4. The van der Waals surface area contributed by atoms with Crippen LogP contribution in [0.15, 0.2) is 18.2 Å². The molecule has 6 heteroatoms. The van der Waals surface area contributed by atoms with Gasteiger partial charge in [-0.2, -0.15) is 0 Å². The van der Waals surface area contributed by atoms with E-state index in [0.29, 0.717) is 25.7 Å². The highest BCUT2D eigenvalue weighted by Gasteiger charge is 2.13. The predicted molar refractivity (Wildman–Crippen MR) is 76.8 cm³/mol. The molecule has 0 aliphatic rings. The number of hydrazine groups is 1. The number of hydrogen-bond donors (Lipinski definition) is 3. The van der Waals surface area contributed by atoms with Gasteiger partial charge in [0.05, 0.1) is 17.9 Å². The monoisotopic (exact) mass is 283 g/mol. The van der Waals surface area contributed by atoms with Gasteiger partial charge in [0.15, 0.2) is 0 Å². The molecular formula is C14H22FN3O2. The Kier molecular flexibility index (Phi) is 6.97. The second-order valence-electron chi connectivity index (χ2n) is 4.86. The van der Waals surface area contributed by atoms with Crippen LogP contribution in [0.4, 0.5) is 10.1 Å². The second-order valence-corrected chi connectivity index (χ2v) is 4.86. The van der Waals surface area contributed by atoms with E-state index < -0.39 is 5.82 Å². The normalized spacial score (nSPS) is 10.7. The SMILES string of the molecule is CC(C)CCOCCNC(=O)c1cccc(F)c1NN. The average molecular weight is 283 g/mol. The number of nitrogens with one attached hydrogen (secondary N) is 2. The minimum atomic E-state index is -0.562. The van der Waals surface area contributed by atoms with Crippen molar-refractivity contribution in [2.24, 2.45) is 11.8 Å². The van der Waals surface area contributed by atoms with Crippen molar-refractivity contribution in [1.82, 2.24) is 5.32 Å². The molecule has 0 spiro atoms. The minimum Gasteiger partial charge on any atom is -0.380 e. The maximum atomic E-state index is 13.4. The molecule has 1 rings (SSSR count). The molecule has 0 heterocycles. The van der Waals surface area contributed by atoms with E-state index in [4.69, 9.17) is 10.6 Å². The Bertz CT molecular complexity index is 438. The molecule has 112 valence electrons. The second kappa shape index (κ2) is 8.50. The van der Waals surface area contributed by atoms with Gasteiger partial charge in [-0.15, -0.1) is 0 Å². The molecule has 0 bridgehead atoms. The topological polar surface area (TPSA) is 76.4 Å². The van der Waals surface area contributed by atoms with E-state index in [9.17, 15) is 9.18 Å². The summed E-state index contributed by atoms with van der Waals surface area (Å²) in [6.45, 7) is 5.71. The molecule has 1 amide bonds. The summed E-state index contributed by atoms with van der Waals surface area (Å²) in [7, 11) is 0. The highest BCUT2D eigenvalue weighted by Crippen LogP contribution is 2.18. The van der Waals surface area contributed by atoms with Gasteiger partial charge in [0.1, 0.15) is 5.82 Å². The van der Waals surface area contributed by atoms with Crippen molar-refractivity contribution in [3.05, 3.63) is 29.6 Å². The fourth-order valence-corrected chi connectivity index (χ4v) is 1.61. The van der Waals surface area contributed by atoms with Crippen molar-refractivity contribution in [3.8, 4) is 0 Å². The van der Waals surface area contributed by atoms with Crippen molar-refractivity contribution < 1.29 is 13.9 Å². The van der Waals surface area contributed by atoms with Crippen LogP contribution in [0.25, 0.3) is 0 Å². The lowest BCUT2D eigenvalue weighted by molar-refractivity contribution is 0.0906. The Hall–Kier alpha value is -1.66. The number of amides is 1. The van der Waals surface area contributed by atoms with Crippen molar-refractivity contribution >= 4 is 11.6 Å². The van der Waals surface area contributed by atoms with Crippen LogP contribution >= 0.6 is 0 Å². The van der Waals surface area contributed by atoms with E-state index in [1.807, 2.05) is 0 Å².